The van der Waals surface area contributed by atoms with E-state index in [1.165, 1.54) is 0 Å². The van der Waals surface area contributed by atoms with Crippen LogP contribution in [-0.2, 0) is 10.2 Å². The Hall–Kier alpha value is -1.02. The van der Waals surface area contributed by atoms with Crippen molar-refractivity contribution in [2.45, 2.75) is 26.2 Å². The maximum absolute atomic E-state index is 11.0. The van der Waals surface area contributed by atoms with E-state index in [0.717, 1.165) is 5.56 Å². The van der Waals surface area contributed by atoms with Crippen LogP contribution in [0.1, 0.15) is 25.0 Å². The van der Waals surface area contributed by atoms with Crippen molar-refractivity contribution < 1.29 is 9.90 Å². The first-order valence-electron chi connectivity index (χ1n) is 4.35. The summed E-state index contributed by atoms with van der Waals surface area (Å²) in [6, 6.07) is 5.42. The summed E-state index contributed by atoms with van der Waals surface area (Å²) in [6.45, 7) is 5.21. The van der Waals surface area contributed by atoms with Gasteiger partial charge in [-0.2, -0.15) is 0 Å². The Kier molecular flexibility index (Phi) is 2.86. The standard InChI is InChI=1S/C11H13ClO2/c1-7-4-5-8(9(12)6-7)11(2,3)10(13)14/h4-6H,1-3H3,(H,13,14). The number of hydrogen-bond donors (Lipinski definition) is 1. The molecule has 14 heavy (non-hydrogen) atoms. The number of halogens is 1. The maximum Gasteiger partial charge on any atom is 0.313 e. The van der Waals surface area contributed by atoms with E-state index in [1.54, 1.807) is 26.0 Å². The van der Waals surface area contributed by atoms with Gasteiger partial charge in [0.2, 0.25) is 0 Å². The van der Waals surface area contributed by atoms with Crippen LogP contribution in [0, 0.1) is 6.92 Å². The average molecular weight is 213 g/mol. The molecular weight excluding hydrogens is 200 g/mol. The molecule has 1 N–H and O–H groups in total. The lowest BCUT2D eigenvalue weighted by molar-refractivity contribution is -0.142. The van der Waals surface area contributed by atoms with Crippen LogP contribution < -0.4 is 0 Å². The molecule has 0 unspecified atom stereocenters. The minimum atomic E-state index is -0.940. The molecule has 0 aliphatic carbocycles. The fraction of sp³-hybridized carbons (Fsp3) is 0.364. The molecular formula is C11H13ClO2. The second-order valence-corrected chi connectivity index (χ2v) is 4.32. The Morgan fingerprint density at radius 1 is 1.43 bits per heavy atom. The second-order valence-electron chi connectivity index (χ2n) is 3.91. The van der Waals surface area contributed by atoms with Crippen molar-refractivity contribution in [2.24, 2.45) is 0 Å². The van der Waals surface area contributed by atoms with E-state index in [4.69, 9.17) is 16.7 Å². The summed E-state index contributed by atoms with van der Waals surface area (Å²) >= 11 is 5.99. The van der Waals surface area contributed by atoms with E-state index in [0.29, 0.717) is 10.6 Å². The van der Waals surface area contributed by atoms with E-state index in [2.05, 4.69) is 0 Å². The van der Waals surface area contributed by atoms with Gasteiger partial charge in [-0.15, -0.1) is 0 Å². The third-order valence-corrected chi connectivity index (χ3v) is 2.65. The van der Waals surface area contributed by atoms with Gasteiger partial charge in [0.25, 0.3) is 0 Å². The van der Waals surface area contributed by atoms with Gasteiger partial charge in [0.15, 0.2) is 0 Å². The van der Waals surface area contributed by atoms with Crippen molar-refractivity contribution in [3.63, 3.8) is 0 Å². The van der Waals surface area contributed by atoms with E-state index < -0.39 is 11.4 Å². The smallest absolute Gasteiger partial charge is 0.313 e. The zero-order valence-electron chi connectivity index (χ0n) is 8.47. The fourth-order valence-electron chi connectivity index (χ4n) is 1.24. The molecule has 0 saturated heterocycles. The predicted octanol–water partition coefficient (Wildman–Crippen LogP) is 3.01. The quantitative estimate of drug-likeness (QED) is 0.818. The topological polar surface area (TPSA) is 37.3 Å². The molecule has 1 aromatic carbocycles. The van der Waals surface area contributed by atoms with Crippen LogP contribution in [0.15, 0.2) is 18.2 Å². The van der Waals surface area contributed by atoms with Crippen LogP contribution in [-0.4, -0.2) is 11.1 Å². The summed E-state index contributed by atoms with van der Waals surface area (Å²) in [5.41, 5.74) is 0.738. The van der Waals surface area contributed by atoms with Crippen molar-refractivity contribution in [1.82, 2.24) is 0 Å². The number of carbonyl (C=O) groups is 1. The molecule has 0 heterocycles. The first-order valence-corrected chi connectivity index (χ1v) is 4.73. The largest absolute Gasteiger partial charge is 0.481 e. The van der Waals surface area contributed by atoms with Crippen LogP contribution in [0.4, 0.5) is 0 Å². The van der Waals surface area contributed by atoms with E-state index in [-0.39, 0.29) is 0 Å². The van der Waals surface area contributed by atoms with Gasteiger partial charge in [0.05, 0.1) is 5.41 Å². The highest BCUT2D eigenvalue weighted by Crippen LogP contribution is 2.30. The second kappa shape index (κ2) is 3.62. The van der Waals surface area contributed by atoms with Crippen molar-refractivity contribution in [3.8, 4) is 0 Å². The minimum absolute atomic E-state index is 0.511. The molecule has 0 aliphatic heterocycles. The number of hydrogen-bond acceptors (Lipinski definition) is 1. The SMILES string of the molecule is Cc1ccc(C(C)(C)C(=O)O)c(Cl)c1. The molecule has 0 spiro atoms. The van der Waals surface area contributed by atoms with Gasteiger partial charge in [0.1, 0.15) is 0 Å². The summed E-state index contributed by atoms with van der Waals surface area (Å²) in [7, 11) is 0. The summed E-state index contributed by atoms with van der Waals surface area (Å²) < 4.78 is 0. The zero-order valence-corrected chi connectivity index (χ0v) is 9.22. The summed E-state index contributed by atoms with van der Waals surface area (Å²) in [4.78, 5) is 11.0. The monoisotopic (exact) mass is 212 g/mol. The Labute approximate surface area is 88.5 Å². The zero-order chi connectivity index (χ0) is 10.9. The summed E-state index contributed by atoms with van der Waals surface area (Å²) in [6.07, 6.45) is 0. The normalized spacial score (nSPS) is 11.4. The number of rotatable bonds is 2. The third kappa shape index (κ3) is 1.90. The van der Waals surface area contributed by atoms with Crippen molar-refractivity contribution in [2.75, 3.05) is 0 Å². The van der Waals surface area contributed by atoms with Crippen LogP contribution in [0.5, 0.6) is 0 Å². The average Bonchev–Trinajstić information content (AvgIpc) is 2.02. The van der Waals surface area contributed by atoms with Gasteiger partial charge in [-0.05, 0) is 38.0 Å². The lowest BCUT2D eigenvalue weighted by atomic mass is 9.84. The van der Waals surface area contributed by atoms with Gasteiger partial charge in [-0.3, -0.25) is 4.79 Å². The van der Waals surface area contributed by atoms with Crippen LogP contribution in [0.3, 0.4) is 0 Å². The molecule has 0 saturated carbocycles. The van der Waals surface area contributed by atoms with Crippen LogP contribution in [0.2, 0.25) is 5.02 Å². The lowest BCUT2D eigenvalue weighted by Gasteiger charge is -2.21. The van der Waals surface area contributed by atoms with Crippen LogP contribution in [0.25, 0.3) is 0 Å². The number of carboxylic acids is 1. The van der Waals surface area contributed by atoms with E-state index in [1.807, 2.05) is 13.0 Å². The molecule has 0 atom stereocenters. The number of carboxylic acid groups (broad SMARTS) is 1. The van der Waals surface area contributed by atoms with Crippen molar-refractivity contribution in [3.05, 3.63) is 34.3 Å². The van der Waals surface area contributed by atoms with Crippen molar-refractivity contribution in [1.29, 1.82) is 0 Å². The molecule has 3 heteroatoms. The Bertz CT molecular complexity index is 370. The highest BCUT2D eigenvalue weighted by atomic mass is 35.5. The Balaban J connectivity index is 3.26. The highest BCUT2D eigenvalue weighted by molar-refractivity contribution is 6.31. The van der Waals surface area contributed by atoms with Gasteiger partial charge in [-0.25, -0.2) is 0 Å². The van der Waals surface area contributed by atoms with Crippen LogP contribution >= 0.6 is 11.6 Å². The maximum atomic E-state index is 11.0. The number of aliphatic carboxylic acids is 1. The summed E-state index contributed by atoms with van der Waals surface area (Å²) in [5, 5.41) is 9.54. The Morgan fingerprint density at radius 3 is 2.43 bits per heavy atom. The lowest BCUT2D eigenvalue weighted by Crippen LogP contribution is -2.28. The summed E-state index contributed by atoms with van der Waals surface area (Å²) in [5.74, 6) is -0.872. The number of benzene rings is 1. The molecule has 0 amide bonds. The minimum Gasteiger partial charge on any atom is -0.481 e. The first-order chi connectivity index (χ1) is 6.35. The molecule has 0 aliphatic rings. The van der Waals surface area contributed by atoms with E-state index >= 15 is 0 Å². The molecule has 0 aromatic heterocycles. The molecule has 2 nitrogen and oxygen atoms in total. The molecule has 1 rings (SSSR count). The third-order valence-electron chi connectivity index (χ3n) is 2.33. The first kappa shape index (κ1) is 11.1. The molecule has 0 radical (unpaired) electrons. The van der Waals surface area contributed by atoms with Gasteiger partial charge in [0, 0.05) is 5.02 Å². The van der Waals surface area contributed by atoms with Gasteiger partial charge in [-0.1, -0.05) is 23.7 Å². The fourth-order valence-corrected chi connectivity index (χ4v) is 1.71. The number of aryl methyl sites for hydroxylation is 1. The highest BCUT2D eigenvalue weighted by Gasteiger charge is 2.31. The van der Waals surface area contributed by atoms with Crippen molar-refractivity contribution >= 4 is 17.6 Å². The molecule has 76 valence electrons. The molecule has 0 fully saturated rings. The predicted molar refractivity (Wildman–Crippen MR) is 56.9 cm³/mol. The molecule has 0 bridgehead atoms. The van der Waals surface area contributed by atoms with Gasteiger partial charge < -0.3 is 5.11 Å². The molecule has 1 aromatic rings. The van der Waals surface area contributed by atoms with Gasteiger partial charge >= 0.3 is 5.97 Å². The Morgan fingerprint density at radius 2 is 2.00 bits per heavy atom. The van der Waals surface area contributed by atoms with E-state index in [9.17, 15) is 4.79 Å².